The number of thioether (sulfide) groups is 1. The molecule has 0 aliphatic heterocycles. The number of nitrogens with zero attached hydrogens (tertiary/aromatic N) is 1. The largest absolute Gasteiger partial charge is 0.352 e. The Kier molecular flexibility index (Phi) is 10.3. The van der Waals surface area contributed by atoms with Gasteiger partial charge < -0.3 is 10.2 Å². The maximum Gasteiger partial charge on any atom is 0.243 e. The summed E-state index contributed by atoms with van der Waals surface area (Å²) in [6.07, 6.45) is 5.98. The van der Waals surface area contributed by atoms with Crippen molar-refractivity contribution < 1.29 is 14.0 Å². The Morgan fingerprint density at radius 2 is 1.85 bits per heavy atom. The van der Waals surface area contributed by atoms with E-state index < -0.39 is 6.04 Å². The Morgan fingerprint density at radius 3 is 2.50 bits per heavy atom. The summed E-state index contributed by atoms with van der Waals surface area (Å²) in [4.78, 5) is 28.3. The van der Waals surface area contributed by atoms with Gasteiger partial charge in [-0.1, -0.05) is 73.7 Å². The van der Waals surface area contributed by atoms with Crippen molar-refractivity contribution in [3.05, 3.63) is 70.0 Å². The van der Waals surface area contributed by atoms with Crippen molar-refractivity contribution in [2.75, 3.05) is 5.75 Å². The highest BCUT2D eigenvalue weighted by Crippen LogP contribution is 2.25. The molecule has 1 N–H and O–H groups in total. The molecule has 2 aromatic rings. The van der Waals surface area contributed by atoms with Gasteiger partial charge >= 0.3 is 0 Å². The molecule has 1 fully saturated rings. The molecule has 0 saturated heterocycles. The number of carbonyl (C=O) groups is 2. The second-order valence-corrected chi connectivity index (χ2v) is 10.4. The zero-order chi connectivity index (χ0) is 24.5. The average Bonchev–Trinajstić information content (AvgIpc) is 2.82. The van der Waals surface area contributed by atoms with Gasteiger partial charge in [0.05, 0.1) is 5.75 Å². The van der Waals surface area contributed by atoms with Crippen molar-refractivity contribution in [2.24, 2.45) is 0 Å². The summed E-state index contributed by atoms with van der Waals surface area (Å²) in [6, 6.07) is 12.2. The fourth-order valence-electron chi connectivity index (χ4n) is 4.35. The fraction of sp³-hybridized carbons (Fsp3) is 0.481. The second-order valence-electron chi connectivity index (χ2n) is 8.97. The van der Waals surface area contributed by atoms with Crippen LogP contribution in [0.4, 0.5) is 4.39 Å². The van der Waals surface area contributed by atoms with Crippen LogP contribution in [0.1, 0.15) is 62.1 Å². The van der Waals surface area contributed by atoms with E-state index in [-0.39, 0.29) is 29.4 Å². The van der Waals surface area contributed by atoms with E-state index in [2.05, 4.69) is 5.32 Å². The monoisotopic (exact) mass is 504 g/mol. The van der Waals surface area contributed by atoms with Gasteiger partial charge in [-0.2, -0.15) is 0 Å². The number of aryl methyl sites for hydroxylation is 1. The first kappa shape index (κ1) is 26.6. The predicted molar refractivity (Wildman–Crippen MR) is 138 cm³/mol. The Hall–Kier alpha value is -2.05. The molecule has 3 rings (SSSR count). The normalized spacial score (nSPS) is 15.1. The van der Waals surface area contributed by atoms with E-state index in [4.69, 9.17) is 11.6 Å². The molecule has 0 aromatic heterocycles. The Morgan fingerprint density at radius 1 is 1.15 bits per heavy atom. The predicted octanol–water partition coefficient (Wildman–Crippen LogP) is 6.28. The standard InChI is InChI=1S/C27H34ClFN2O2S/c1-3-25(27(33)30-21-8-5-4-6-9-21)31(16-20-14-12-19(2)13-15-20)26(32)18-34-17-22-23(28)10-7-11-24(22)29/h7,10-15,21,25H,3-6,8-9,16-18H2,1-2H3,(H,30,33)/t25-/m1/s1. The van der Waals surface area contributed by atoms with Crippen molar-refractivity contribution in [3.8, 4) is 0 Å². The van der Waals surface area contributed by atoms with E-state index >= 15 is 0 Å². The topological polar surface area (TPSA) is 49.4 Å². The molecule has 1 aliphatic rings. The lowest BCUT2D eigenvalue weighted by molar-refractivity contribution is -0.139. The average molecular weight is 505 g/mol. The third kappa shape index (κ3) is 7.47. The molecule has 1 saturated carbocycles. The van der Waals surface area contributed by atoms with Gasteiger partial charge in [-0.15, -0.1) is 11.8 Å². The summed E-state index contributed by atoms with van der Waals surface area (Å²) in [6.45, 7) is 4.31. The third-order valence-electron chi connectivity index (χ3n) is 6.34. The third-order valence-corrected chi connectivity index (χ3v) is 7.64. The van der Waals surface area contributed by atoms with Crippen LogP contribution < -0.4 is 5.32 Å². The van der Waals surface area contributed by atoms with Gasteiger partial charge in [-0.25, -0.2) is 4.39 Å². The van der Waals surface area contributed by atoms with Crippen molar-refractivity contribution in [2.45, 2.75) is 76.8 Å². The van der Waals surface area contributed by atoms with Crippen LogP contribution in [0.3, 0.4) is 0 Å². The summed E-state index contributed by atoms with van der Waals surface area (Å²) in [5.41, 5.74) is 2.51. The Balaban J connectivity index is 1.72. The molecular weight excluding hydrogens is 471 g/mol. The van der Waals surface area contributed by atoms with Crippen LogP contribution in [0.25, 0.3) is 0 Å². The number of carbonyl (C=O) groups excluding carboxylic acids is 2. The van der Waals surface area contributed by atoms with Crippen LogP contribution in [0, 0.1) is 12.7 Å². The number of benzene rings is 2. The zero-order valence-corrected chi connectivity index (χ0v) is 21.6. The Bertz CT molecular complexity index is 943. The van der Waals surface area contributed by atoms with Crippen molar-refractivity contribution in [3.63, 3.8) is 0 Å². The number of rotatable bonds is 10. The second kappa shape index (κ2) is 13.1. The fourth-order valence-corrected chi connectivity index (χ4v) is 5.60. The van der Waals surface area contributed by atoms with E-state index in [1.807, 2.05) is 38.1 Å². The highest BCUT2D eigenvalue weighted by atomic mass is 35.5. The lowest BCUT2D eigenvalue weighted by Gasteiger charge is -2.32. The highest BCUT2D eigenvalue weighted by molar-refractivity contribution is 7.99. The van der Waals surface area contributed by atoms with E-state index in [0.717, 1.165) is 36.8 Å². The van der Waals surface area contributed by atoms with Gasteiger partial charge in [0.2, 0.25) is 11.8 Å². The van der Waals surface area contributed by atoms with E-state index in [1.54, 1.807) is 17.0 Å². The number of hydrogen-bond acceptors (Lipinski definition) is 3. The number of nitrogens with one attached hydrogen (secondary N) is 1. The smallest absolute Gasteiger partial charge is 0.243 e. The van der Waals surface area contributed by atoms with Crippen molar-refractivity contribution in [1.29, 1.82) is 0 Å². The van der Waals surface area contributed by atoms with Crippen LogP contribution in [-0.2, 0) is 21.9 Å². The van der Waals surface area contributed by atoms with Crippen LogP contribution >= 0.6 is 23.4 Å². The van der Waals surface area contributed by atoms with Gasteiger partial charge in [-0.3, -0.25) is 9.59 Å². The SMILES string of the molecule is CC[C@H](C(=O)NC1CCCCC1)N(Cc1ccc(C)cc1)C(=O)CSCc1c(F)cccc1Cl. The maximum atomic E-state index is 14.1. The van der Waals surface area contributed by atoms with Crippen LogP contribution in [0.2, 0.25) is 5.02 Å². The molecule has 0 unspecified atom stereocenters. The van der Waals surface area contributed by atoms with Crippen LogP contribution in [0.5, 0.6) is 0 Å². The summed E-state index contributed by atoms with van der Waals surface area (Å²) < 4.78 is 14.1. The lowest BCUT2D eigenvalue weighted by atomic mass is 9.95. The van der Waals surface area contributed by atoms with Gasteiger partial charge in [0, 0.05) is 28.9 Å². The number of hydrogen-bond donors (Lipinski definition) is 1. The van der Waals surface area contributed by atoms with Crippen LogP contribution in [-0.4, -0.2) is 34.6 Å². The molecule has 1 aliphatic carbocycles. The molecule has 0 radical (unpaired) electrons. The Labute approximate surface area is 211 Å². The first-order valence-electron chi connectivity index (χ1n) is 12.0. The van der Waals surface area contributed by atoms with Gasteiger partial charge in [0.1, 0.15) is 11.9 Å². The summed E-state index contributed by atoms with van der Waals surface area (Å²) in [5, 5.41) is 3.55. The van der Waals surface area contributed by atoms with E-state index in [0.29, 0.717) is 29.3 Å². The number of halogens is 2. The molecule has 0 bridgehead atoms. The van der Waals surface area contributed by atoms with Gasteiger partial charge in [-0.05, 0) is 43.9 Å². The highest BCUT2D eigenvalue weighted by Gasteiger charge is 2.30. The molecular formula is C27H34ClFN2O2S. The van der Waals surface area contributed by atoms with Gasteiger partial charge in [0.25, 0.3) is 0 Å². The molecule has 0 spiro atoms. The van der Waals surface area contributed by atoms with Gasteiger partial charge in [0.15, 0.2) is 0 Å². The number of amides is 2. The molecule has 4 nitrogen and oxygen atoms in total. The first-order chi connectivity index (χ1) is 16.4. The molecule has 1 atom stereocenters. The molecule has 0 heterocycles. The minimum absolute atomic E-state index is 0.0861. The summed E-state index contributed by atoms with van der Waals surface area (Å²) in [7, 11) is 0. The minimum atomic E-state index is -0.548. The van der Waals surface area contributed by atoms with E-state index in [1.165, 1.54) is 24.2 Å². The van der Waals surface area contributed by atoms with Crippen molar-refractivity contribution in [1.82, 2.24) is 10.2 Å². The molecule has 34 heavy (non-hydrogen) atoms. The first-order valence-corrected chi connectivity index (χ1v) is 13.6. The van der Waals surface area contributed by atoms with E-state index in [9.17, 15) is 14.0 Å². The molecule has 2 amide bonds. The zero-order valence-electron chi connectivity index (χ0n) is 20.0. The summed E-state index contributed by atoms with van der Waals surface area (Å²) in [5.74, 6) is -0.160. The molecule has 184 valence electrons. The van der Waals surface area contributed by atoms with Crippen molar-refractivity contribution >= 4 is 35.2 Å². The summed E-state index contributed by atoms with van der Waals surface area (Å²) >= 11 is 7.44. The minimum Gasteiger partial charge on any atom is -0.352 e. The quantitative estimate of drug-likeness (QED) is 0.414. The lowest BCUT2D eigenvalue weighted by Crippen LogP contribution is -2.52. The maximum absolute atomic E-state index is 14.1. The van der Waals surface area contributed by atoms with Crippen LogP contribution in [0.15, 0.2) is 42.5 Å². The molecule has 7 heteroatoms. The molecule has 2 aromatic carbocycles.